The maximum Gasteiger partial charge on any atom is 0.244 e. The van der Waals surface area contributed by atoms with Crippen LogP contribution in [0, 0.1) is 0 Å². The fraction of sp³-hybridized carbons (Fsp3) is 0.727. The van der Waals surface area contributed by atoms with E-state index in [9.17, 15) is 4.79 Å². The van der Waals surface area contributed by atoms with Crippen molar-refractivity contribution in [3.05, 3.63) is 12.7 Å². The fourth-order valence-corrected chi connectivity index (χ4v) is 1.02. The maximum atomic E-state index is 11.2. The van der Waals surface area contributed by atoms with Gasteiger partial charge in [-0.3, -0.25) is 4.79 Å². The van der Waals surface area contributed by atoms with E-state index in [2.05, 4.69) is 11.9 Å². The highest BCUT2D eigenvalue weighted by molar-refractivity contribution is 5.87. The third-order valence-corrected chi connectivity index (χ3v) is 1.84. The monoisotopic (exact) mass is 247 g/mol. The van der Waals surface area contributed by atoms with Crippen LogP contribution in [-0.4, -0.2) is 31.5 Å². The summed E-state index contributed by atoms with van der Waals surface area (Å²) in [7, 11) is 0. The first-order valence-corrected chi connectivity index (χ1v) is 5.68. The molecule has 0 fully saturated rings. The number of hydrogen-bond acceptors (Lipinski definition) is 5. The van der Waals surface area contributed by atoms with E-state index in [4.69, 9.17) is 19.6 Å². The lowest BCUT2D eigenvalue weighted by Gasteiger charge is -2.24. The Balaban J connectivity index is 4.35. The van der Waals surface area contributed by atoms with Gasteiger partial charge in [-0.25, -0.2) is 9.78 Å². The van der Waals surface area contributed by atoms with Crippen LogP contribution in [0.15, 0.2) is 12.7 Å². The van der Waals surface area contributed by atoms with E-state index < -0.39 is 6.29 Å². The van der Waals surface area contributed by atoms with Crippen molar-refractivity contribution in [1.82, 2.24) is 5.32 Å². The topological polar surface area (TPSA) is 66.0 Å². The summed E-state index contributed by atoms with van der Waals surface area (Å²) in [6, 6.07) is -0.376. The quantitative estimate of drug-likeness (QED) is 0.273. The van der Waals surface area contributed by atoms with E-state index in [1.165, 1.54) is 6.08 Å². The minimum atomic E-state index is -0.816. The van der Waals surface area contributed by atoms with Crippen molar-refractivity contribution in [2.75, 3.05) is 13.2 Å². The zero-order valence-corrected chi connectivity index (χ0v) is 10.6. The minimum absolute atomic E-state index is 0.304. The molecule has 1 atom stereocenters. The van der Waals surface area contributed by atoms with Crippen LogP contribution in [0.3, 0.4) is 0 Å². The van der Waals surface area contributed by atoms with Crippen LogP contribution in [0.5, 0.6) is 0 Å². The molecule has 0 aliphatic rings. The van der Waals surface area contributed by atoms with Gasteiger partial charge in [-0.15, -0.1) is 0 Å². The smallest absolute Gasteiger partial charge is 0.244 e. The SMILES string of the molecule is C=CC(=O)NC(CC)C(OOCC)OOCC. The Morgan fingerprint density at radius 2 is 1.76 bits per heavy atom. The van der Waals surface area contributed by atoms with Crippen LogP contribution in [-0.2, 0) is 24.3 Å². The summed E-state index contributed by atoms with van der Waals surface area (Å²) in [5, 5.41) is 2.67. The molecule has 0 aromatic rings. The van der Waals surface area contributed by atoms with Gasteiger partial charge in [0.2, 0.25) is 12.2 Å². The number of amides is 1. The van der Waals surface area contributed by atoms with Gasteiger partial charge in [0.05, 0.1) is 19.3 Å². The number of hydrogen-bond donors (Lipinski definition) is 1. The first-order chi connectivity index (χ1) is 8.19. The zero-order chi connectivity index (χ0) is 13.1. The molecule has 1 N–H and O–H groups in total. The number of carbonyl (C=O) groups excluding carboxylic acids is 1. The Hall–Kier alpha value is -0.950. The number of rotatable bonds is 10. The average Bonchev–Trinajstić information content (AvgIpc) is 2.36. The molecule has 6 heteroatoms. The molecule has 0 spiro atoms. The molecule has 1 unspecified atom stereocenters. The zero-order valence-electron chi connectivity index (χ0n) is 10.6. The van der Waals surface area contributed by atoms with E-state index in [-0.39, 0.29) is 11.9 Å². The normalized spacial score (nSPS) is 12.5. The Kier molecular flexibility index (Phi) is 9.65. The predicted molar refractivity (Wildman–Crippen MR) is 61.6 cm³/mol. The molecule has 6 nitrogen and oxygen atoms in total. The molecular weight excluding hydrogens is 226 g/mol. The van der Waals surface area contributed by atoms with E-state index in [0.717, 1.165) is 0 Å². The lowest BCUT2D eigenvalue weighted by atomic mass is 10.2. The largest absolute Gasteiger partial charge is 0.344 e. The Morgan fingerprint density at radius 3 is 2.12 bits per heavy atom. The van der Waals surface area contributed by atoms with E-state index in [1.807, 2.05) is 6.92 Å². The van der Waals surface area contributed by atoms with Crippen LogP contribution in [0.4, 0.5) is 0 Å². The molecule has 100 valence electrons. The number of carbonyl (C=O) groups is 1. The molecule has 0 aromatic carbocycles. The van der Waals surface area contributed by atoms with Gasteiger partial charge in [-0.05, 0) is 26.3 Å². The Morgan fingerprint density at radius 1 is 1.24 bits per heavy atom. The Labute approximate surface area is 102 Å². The van der Waals surface area contributed by atoms with Crippen molar-refractivity contribution in [3.63, 3.8) is 0 Å². The fourth-order valence-electron chi connectivity index (χ4n) is 1.02. The summed E-state index contributed by atoms with van der Waals surface area (Å²) in [6.07, 6.45) is 0.967. The van der Waals surface area contributed by atoms with Crippen molar-refractivity contribution < 1.29 is 24.3 Å². The van der Waals surface area contributed by atoms with Gasteiger partial charge < -0.3 is 5.32 Å². The van der Waals surface area contributed by atoms with Gasteiger partial charge in [-0.1, -0.05) is 13.5 Å². The molecule has 1 amide bonds. The summed E-state index contributed by atoms with van der Waals surface area (Å²) in [5.74, 6) is -0.304. The van der Waals surface area contributed by atoms with Crippen molar-refractivity contribution in [3.8, 4) is 0 Å². The molecule has 0 saturated carbocycles. The van der Waals surface area contributed by atoms with Crippen LogP contribution in [0.2, 0.25) is 0 Å². The van der Waals surface area contributed by atoms with Gasteiger partial charge in [0.25, 0.3) is 0 Å². The van der Waals surface area contributed by atoms with Gasteiger partial charge in [-0.2, -0.15) is 9.78 Å². The molecule has 0 aliphatic carbocycles. The molecule has 0 bridgehead atoms. The van der Waals surface area contributed by atoms with Crippen molar-refractivity contribution in [2.45, 2.75) is 39.5 Å². The van der Waals surface area contributed by atoms with Crippen LogP contribution in [0.1, 0.15) is 27.2 Å². The predicted octanol–water partition coefficient (Wildman–Crippen LogP) is 1.33. The van der Waals surface area contributed by atoms with Gasteiger partial charge in [0.15, 0.2) is 0 Å². The highest BCUT2D eigenvalue weighted by atomic mass is 17.3. The standard InChI is InChI=1S/C11H21NO5/c1-5-9(12-10(13)6-2)11(16-14-7-3)17-15-8-4/h6,9,11H,2,5,7-8H2,1,3-4H3,(H,12,13). The van der Waals surface area contributed by atoms with Crippen LogP contribution >= 0.6 is 0 Å². The first-order valence-electron chi connectivity index (χ1n) is 5.68. The lowest BCUT2D eigenvalue weighted by Crippen LogP contribution is -2.45. The molecule has 0 saturated heterocycles. The van der Waals surface area contributed by atoms with Gasteiger partial charge in [0, 0.05) is 0 Å². The third kappa shape index (κ3) is 7.06. The molecule has 17 heavy (non-hydrogen) atoms. The second-order valence-corrected chi connectivity index (χ2v) is 3.10. The molecular formula is C11H21NO5. The molecule has 0 heterocycles. The van der Waals surface area contributed by atoms with Gasteiger partial charge >= 0.3 is 0 Å². The minimum Gasteiger partial charge on any atom is -0.344 e. The summed E-state index contributed by atoms with van der Waals surface area (Å²) in [4.78, 5) is 30.8. The average molecular weight is 247 g/mol. The van der Waals surface area contributed by atoms with Crippen LogP contribution < -0.4 is 5.32 Å². The van der Waals surface area contributed by atoms with E-state index >= 15 is 0 Å². The summed E-state index contributed by atoms with van der Waals surface area (Å²) in [6.45, 7) is 9.56. The molecule has 0 radical (unpaired) electrons. The molecule has 0 aliphatic heterocycles. The maximum absolute atomic E-state index is 11.2. The highest BCUT2D eigenvalue weighted by Gasteiger charge is 2.25. The van der Waals surface area contributed by atoms with Crippen LogP contribution in [0.25, 0.3) is 0 Å². The van der Waals surface area contributed by atoms with Gasteiger partial charge in [0.1, 0.15) is 0 Å². The second kappa shape index (κ2) is 10.2. The highest BCUT2D eigenvalue weighted by Crippen LogP contribution is 2.07. The van der Waals surface area contributed by atoms with Crippen molar-refractivity contribution >= 4 is 5.91 Å². The number of nitrogens with one attached hydrogen (secondary N) is 1. The van der Waals surface area contributed by atoms with Crippen molar-refractivity contribution in [2.24, 2.45) is 0 Å². The van der Waals surface area contributed by atoms with Crippen molar-refractivity contribution in [1.29, 1.82) is 0 Å². The first kappa shape index (κ1) is 16.1. The van der Waals surface area contributed by atoms with E-state index in [0.29, 0.717) is 19.6 Å². The second-order valence-electron chi connectivity index (χ2n) is 3.10. The van der Waals surface area contributed by atoms with E-state index in [1.54, 1.807) is 13.8 Å². The Bertz CT molecular complexity index is 214. The lowest BCUT2D eigenvalue weighted by molar-refractivity contribution is -0.465. The molecule has 0 aromatic heterocycles. The third-order valence-electron chi connectivity index (χ3n) is 1.84. The molecule has 0 rings (SSSR count). The summed E-state index contributed by atoms with van der Waals surface area (Å²) in [5.41, 5.74) is 0. The summed E-state index contributed by atoms with van der Waals surface area (Å²) >= 11 is 0. The summed E-state index contributed by atoms with van der Waals surface area (Å²) < 4.78 is 0.